The van der Waals surface area contributed by atoms with Gasteiger partial charge in [0.2, 0.25) is 4.77 Å². The quantitative estimate of drug-likeness (QED) is 0.802. The molecule has 0 aliphatic rings. The van der Waals surface area contributed by atoms with Gasteiger partial charge in [-0.05, 0) is 26.1 Å². The van der Waals surface area contributed by atoms with Gasteiger partial charge in [0.25, 0.3) is 0 Å². The number of H-pyrrole nitrogens is 2. The zero-order valence-electron chi connectivity index (χ0n) is 11.2. The van der Waals surface area contributed by atoms with Crippen LogP contribution in [-0.4, -0.2) is 40.4 Å². The first kappa shape index (κ1) is 14.2. The first-order valence-corrected chi connectivity index (χ1v) is 7.30. The third-order valence-corrected chi connectivity index (χ3v) is 4.08. The second-order valence-corrected chi connectivity index (χ2v) is 5.26. The second-order valence-electron chi connectivity index (χ2n) is 3.89. The molecule has 0 unspecified atom stereocenters. The molecule has 0 radical (unpaired) electrons. The van der Waals surface area contributed by atoms with Crippen LogP contribution in [-0.2, 0) is 11.3 Å². The number of aromatic nitrogens is 4. The van der Waals surface area contributed by atoms with Crippen molar-refractivity contribution in [1.82, 2.24) is 20.2 Å². The summed E-state index contributed by atoms with van der Waals surface area (Å²) in [6.07, 6.45) is 0. The largest absolute Gasteiger partial charge is 0.378 e. The topological polar surface area (TPSA) is 69.8 Å². The van der Waals surface area contributed by atoms with E-state index in [0.717, 1.165) is 28.8 Å². The van der Waals surface area contributed by atoms with Crippen LogP contribution in [0.2, 0.25) is 0 Å². The van der Waals surface area contributed by atoms with Gasteiger partial charge in [-0.3, -0.25) is 10.2 Å². The fourth-order valence-electron chi connectivity index (χ4n) is 1.77. The average Bonchev–Trinajstić information content (AvgIpc) is 2.98. The molecule has 0 aliphatic heterocycles. The van der Waals surface area contributed by atoms with E-state index in [4.69, 9.17) is 17.0 Å². The highest BCUT2D eigenvalue weighted by Gasteiger charge is 2.17. The van der Waals surface area contributed by atoms with Crippen LogP contribution in [0.3, 0.4) is 0 Å². The highest BCUT2D eigenvalue weighted by molar-refractivity contribution is 7.71. The van der Waals surface area contributed by atoms with Gasteiger partial charge in [-0.25, -0.2) is 4.98 Å². The summed E-state index contributed by atoms with van der Waals surface area (Å²) in [4.78, 5) is 12.1. The van der Waals surface area contributed by atoms with Crippen LogP contribution in [0.5, 0.6) is 0 Å². The molecule has 6 nitrogen and oxygen atoms in total. The third-order valence-electron chi connectivity index (χ3n) is 2.72. The van der Waals surface area contributed by atoms with Crippen LogP contribution in [0.15, 0.2) is 0 Å². The van der Waals surface area contributed by atoms with Crippen molar-refractivity contribution in [3.05, 3.63) is 10.5 Å². The molecule has 2 rings (SSSR count). The minimum atomic E-state index is 0.441. The highest BCUT2D eigenvalue weighted by atomic mass is 32.1. The fraction of sp³-hybridized carbons (Fsp3) is 0.545. The molecule has 0 atom stereocenters. The van der Waals surface area contributed by atoms with E-state index in [2.05, 4.69) is 38.9 Å². The molecule has 2 heterocycles. The van der Waals surface area contributed by atoms with Crippen molar-refractivity contribution in [1.29, 1.82) is 0 Å². The summed E-state index contributed by atoms with van der Waals surface area (Å²) in [5.74, 6) is 0.716. The van der Waals surface area contributed by atoms with E-state index in [1.807, 2.05) is 0 Å². The van der Waals surface area contributed by atoms with Crippen LogP contribution < -0.4 is 4.90 Å². The summed E-state index contributed by atoms with van der Waals surface area (Å²) in [5, 5.41) is 6.75. The first-order valence-electron chi connectivity index (χ1n) is 6.08. The summed E-state index contributed by atoms with van der Waals surface area (Å²) >= 11 is 6.59. The smallest absolute Gasteiger partial charge is 0.213 e. The third kappa shape index (κ3) is 3.02. The van der Waals surface area contributed by atoms with Crippen molar-refractivity contribution < 1.29 is 4.74 Å². The Kier molecular flexibility index (Phi) is 4.67. The Hall–Kier alpha value is -1.25. The summed E-state index contributed by atoms with van der Waals surface area (Å²) in [7, 11) is 1.66. The van der Waals surface area contributed by atoms with Crippen molar-refractivity contribution >= 4 is 28.7 Å². The Morgan fingerprint density at radius 3 is 2.53 bits per heavy atom. The van der Waals surface area contributed by atoms with E-state index >= 15 is 0 Å². The van der Waals surface area contributed by atoms with E-state index in [1.165, 1.54) is 0 Å². The molecule has 0 fully saturated rings. The molecule has 0 saturated heterocycles. The van der Waals surface area contributed by atoms with Crippen LogP contribution in [0.25, 0.3) is 10.7 Å². The van der Waals surface area contributed by atoms with Crippen molar-refractivity contribution in [3.8, 4) is 10.7 Å². The van der Waals surface area contributed by atoms with E-state index in [0.29, 0.717) is 17.2 Å². The normalized spacial score (nSPS) is 10.9. The number of ether oxygens (including phenoxy) is 1. The predicted octanol–water partition coefficient (Wildman–Crippen LogP) is 2.58. The van der Waals surface area contributed by atoms with Gasteiger partial charge < -0.3 is 9.64 Å². The molecule has 19 heavy (non-hydrogen) atoms. The molecule has 0 aromatic carbocycles. The molecule has 0 aliphatic carbocycles. The minimum absolute atomic E-state index is 0.441. The zero-order chi connectivity index (χ0) is 13.8. The molecule has 2 N–H and O–H groups in total. The van der Waals surface area contributed by atoms with Gasteiger partial charge in [0.05, 0.1) is 17.2 Å². The summed E-state index contributed by atoms with van der Waals surface area (Å²) in [5.41, 5.74) is 0.882. The van der Waals surface area contributed by atoms with Crippen LogP contribution in [0.1, 0.15) is 19.5 Å². The number of anilines is 1. The van der Waals surface area contributed by atoms with Gasteiger partial charge in [0, 0.05) is 20.2 Å². The molecule has 104 valence electrons. The lowest BCUT2D eigenvalue weighted by Gasteiger charge is -2.16. The van der Waals surface area contributed by atoms with Crippen molar-refractivity contribution in [3.63, 3.8) is 0 Å². The van der Waals surface area contributed by atoms with Crippen LogP contribution >= 0.6 is 23.6 Å². The maximum absolute atomic E-state index is 5.20. The molecule has 0 bridgehead atoms. The Labute approximate surface area is 120 Å². The van der Waals surface area contributed by atoms with Crippen LogP contribution in [0, 0.1) is 4.77 Å². The second kappa shape index (κ2) is 6.27. The molecule has 2 aromatic rings. The van der Waals surface area contributed by atoms with Gasteiger partial charge >= 0.3 is 0 Å². The van der Waals surface area contributed by atoms with Gasteiger partial charge in [-0.1, -0.05) is 11.3 Å². The maximum atomic E-state index is 5.20. The number of hydrogen-bond donors (Lipinski definition) is 2. The van der Waals surface area contributed by atoms with Crippen LogP contribution in [0.4, 0.5) is 5.13 Å². The Bertz CT molecular complexity index is 584. The van der Waals surface area contributed by atoms with E-state index in [-0.39, 0.29) is 0 Å². The number of nitrogens with zero attached hydrogens (tertiary/aromatic N) is 3. The maximum Gasteiger partial charge on any atom is 0.213 e. The summed E-state index contributed by atoms with van der Waals surface area (Å²) in [6.45, 7) is 6.53. The van der Waals surface area contributed by atoms with Crippen molar-refractivity contribution in [2.45, 2.75) is 20.5 Å². The predicted molar refractivity (Wildman–Crippen MR) is 79.2 cm³/mol. The van der Waals surface area contributed by atoms with Gasteiger partial charge in [0.1, 0.15) is 0 Å². The molecule has 2 aromatic heterocycles. The molecular formula is C11H17N5OS2. The van der Waals surface area contributed by atoms with Gasteiger partial charge in [-0.2, -0.15) is 4.98 Å². The van der Waals surface area contributed by atoms with E-state index in [9.17, 15) is 0 Å². The first-order chi connectivity index (χ1) is 9.19. The van der Waals surface area contributed by atoms with Crippen molar-refractivity contribution in [2.75, 3.05) is 25.1 Å². The SMILES string of the molecule is CCN(CC)c1nc(COC)c(-c2nc(=S)[nH][nH]2)s1. The Morgan fingerprint density at radius 1 is 1.26 bits per heavy atom. The minimum Gasteiger partial charge on any atom is -0.378 e. The van der Waals surface area contributed by atoms with Gasteiger partial charge in [0.15, 0.2) is 11.0 Å². The molecule has 0 amide bonds. The standard InChI is InChI=1S/C11H17N5OS2/c1-4-16(5-2)11-12-7(6-17-3)8(19-11)9-13-10(18)15-14-9/h4-6H2,1-3H3,(H2,13,14,15,18). The monoisotopic (exact) mass is 299 g/mol. The molecule has 8 heteroatoms. The molecule has 0 saturated carbocycles. The van der Waals surface area contributed by atoms with Gasteiger partial charge in [-0.15, -0.1) is 0 Å². The van der Waals surface area contributed by atoms with Crippen molar-refractivity contribution in [2.24, 2.45) is 0 Å². The Balaban J connectivity index is 2.43. The number of nitrogens with one attached hydrogen (secondary N) is 2. The van der Waals surface area contributed by atoms with E-state index < -0.39 is 0 Å². The number of hydrogen-bond acceptors (Lipinski definition) is 6. The number of methoxy groups -OCH3 is 1. The highest BCUT2D eigenvalue weighted by Crippen LogP contribution is 2.33. The molecular weight excluding hydrogens is 282 g/mol. The molecule has 0 spiro atoms. The average molecular weight is 299 g/mol. The van der Waals surface area contributed by atoms with E-state index in [1.54, 1.807) is 18.4 Å². The lowest BCUT2D eigenvalue weighted by molar-refractivity contribution is 0.182. The Morgan fingerprint density at radius 2 is 2.00 bits per heavy atom. The zero-order valence-corrected chi connectivity index (χ0v) is 12.8. The summed E-state index contributed by atoms with van der Waals surface area (Å²) in [6, 6.07) is 0. The lowest BCUT2D eigenvalue weighted by Crippen LogP contribution is -2.21. The summed E-state index contributed by atoms with van der Waals surface area (Å²) < 4.78 is 5.65. The number of rotatable bonds is 6. The fourth-order valence-corrected chi connectivity index (χ4v) is 3.05. The lowest BCUT2D eigenvalue weighted by atomic mass is 10.3. The number of aromatic amines is 2. The number of thiazole rings is 1.